The van der Waals surface area contributed by atoms with Crippen molar-refractivity contribution in [2.45, 2.75) is 41.9 Å². The smallest absolute Gasteiger partial charge is 0.144 e. The predicted molar refractivity (Wildman–Crippen MR) is 130 cm³/mol. The summed E-state index contributed by atoms with van der Waals surface area (Å²) in [7, 11) is 0. The lowest BCUT2D eigenvalue weighted by Crippen LogP contribution is -2.33. The number of hydrogen-bond donors (Lipinski definition) is 1. The van der Waals surface area contributed by atoms with Crippen LogP contribution < -0.4 is 9.47 Å². The van der Waals surface area contributed by atoms with Gasteiger partial charge in [0.1, 0.15) is 35.8 Å². The van der Waals surface area contributed by atoms with Gasteiger partial charge in [0.15, 0.2) is 0 Å². The lowest BCUT2D eigenvalue weighted by atomic mass is 9.90. The lowest BCUT2D eigenvalue weighted by molar-refractivity contribution is 0.172. The van der Waals surface area contributed by atoms with E-state index >= 15 is 0 Å². The molecule has 0 saturated carbocycles. The molecular weight excluding hydrogens is 437 g/mol. The quantitative estimate of drug-likeness (QED) is 0.554. The Morgan fingerprint density at radius 2 is 1.91 bits per heavy atom. The van der Waals surface area contributed by atoms with Crippen LogP contribution in [0.25, 0.3) is 0 Å². The van der Waals surface area contributed by atoms with Crippen LogP contribution >= 0.6 is 11.8 Å². The molecule has 1 N–H and O–H groups in total. The molecule has 2 aromatic carbocycles. The molecular formula is C27H30FNO3S. The number of nitrogens with zero attached hydrogens (tertiary/aromatic N) is 1. The molecule has 1 unspecified atom stereocenters. The molecule has 174 valence electrons. The largest absolute Gasteiger partial charge is 0.508 e. The third-order valence-electron chi connectivity index (χ3n) is 6.57. The number of fused-ring (bicyclic) bond motifs is 1. The molecule has 3 atom stereocenters. The van der Waals surface area contributed by atoms with E-state index in [1.807, 2.05) is 36.4 Å². The van der Waals surface area contributed by atoms with Crippen LogP contribution in [0.3, 0.4) is 0 Å². The Balaban J connectivity index is 1.31. The van der Waals surface area contributed by atoms with Gasteiger partial charge in [-0.1, -0.05) is 42.9 Å². The summed E-state index contributed by atoms with van der Waals surface area (Å²) >= 11 is 1.50. The predicted octanol–water partition coefficient (Wildman–Crippen LogP) is 6.12. The number of piperidine rings is 1. The van der Waals surface area contributed by atoms with Crippen LogP contribution in [0.15, 0.2) is 65.6 Å². The average Bonchev–Trinajstić information content (AvgIpc) is 2.85. The first kappa shape index (κ1) is 22.4. The van der Waals surface area contributed by atoms with Crippen molar-refractivity contribution in [3.63, 3.8) is 0 Å². The summed E-state index contributed by atoms with van der Waals surface area (Å²) in [6, 6.07) is 10.7. The Morgan fingerprint density at radius 3 is 2.67 bits per heavy atom. The Kier molecular flexibility index (Phi) is 6.93. The van der Waals surface area contributed by atoms with Gasteiger partial charge in [-0.05, 0) is 56.0 Å². The van der Waals surface area contributed by atoms with E-state index in [4.69, 9.17) is 9.47 Å². The van der Waals surface area contributed by atoms with Gasteiger partial charge in [0, 0.05) is 18.7 Å². The first-order valence-corrected chi connectivity index (χ1v) is 12.7. The van der Waals surface area contributed by atoms with Crippen LogP contribution in [0.4, 0.5) is 4.39 Å². The Hall–Kier alpha value is -2.44. The van der Waals surface area contributed by atoms with Crippen LogP contribution in [-0.2, 0) is 0 Å². The van der Waals surface area contributed by atoms with E-state index in [1.165, 1.54) is 50.2 Å². The molecule has 1 aliphatic carbocycles. The maximum absolute atomic E-state index is 14.6. The van der Waals surface area contributed by atoms with Gasteiger partial charge in [0.25, 0.3) is 0 Å². The SMILES string of the molecule is Oc1cc(F)c2c(c1)O[C@H](c1ccc(OCCN3CCCCC3)cc1)[C@H](C1C=CC=CC1)S2. The molecule has 0 spiro atoms. The number of hydrogen-bond acceptors (Lipinski definition) is 5. The van der Waals surface area contributed by atoms with Gasteiger partial charge in [-0.25, -0.2) is 4.39 Å². The molecule has 33 heavy (non-hydrogen) atoms. The first-order chi connectivity index (χ1) is 16.2. The molecule has 1 fully saturated rings. The third-order valence-corrected chi connectivity index (χ3v) is 8.07. The second-order valence-corrected chi connectivity index (χ2v) is 10.1. The molecule has 1 saturated heterocycles. The molecule has 2 aromatic rings. The minimum absolute atomic E-state index is 0.0172. The summed E-state index contributed by atoms with van der Waals surface area (Å²) < 4.78 is 26.9. The molecule has 2 aliphatic heterocycles. The van der Waals surface area contributed by atoms with Crippen LogP contribution in [0.1, 0.15) is 37.4 Å². The molecule has 2 heterocycles. The van der Waals surface area contributed by atoms with Crippen molar-refractivity contribution in [2.75, 3.05) is 26.2 Å². The number of allylic oxidation sites excluding steroid dienone is 4. The minimum atomic E-state index is -0.439. The highest BCUT2D eigenvalue weighted by Gasteiger charge is 2.38. The number of benzene rings is 2. The van der Waals surface area contributed by atoms with Crippen molar-refractivity contribution in [1.29, 1.82) is 0 Å². The number of aromatic hydroxyl groups is 1. The number of likely N-dealkylation sites (tertiary alicyclic amines) is 1. The maximum Gasteiger partial charge on any atom is 0.144 e. The highest BCUT2D eigenvalue weighted by Crippen LogP contribution is 2.51. The number of halogens is 1. The zero-order valence-corrected chi connectivity index (χ0v) is 19.5. The van der Waals surface area contributed by atoms with Crippen molar-refractivity contribution in [3.8, 4) is 17.2 Å². The van der Waals surface area contributed by atoms with Gasteiger partial charge in [0.2, 0.25) is 0 Å². The van der Waals surface area contributed by atoms with Crippen molar-refractivity contribution < 1.29 is 19.0 Å². The lowest BCUT2D eigenvalue weighted by Gasteiger charge is -2.37. The fourth-order valence-electron chi connectivity index (χ4n) is 4.80. The van der Waals surface area contributed by atoms with Crippen LogP contribution in [0, 0.1) is 11.7 Å². The van der Waals surface area contributed by atoms with Gasteiger partial charge in [-0.3, -0.25) is 4.90 Å². The van der Waals surface area contributed by atoms with Crippen molar-refractivity contribution >= 4 is 11.8 Å². The van der Waals surface area contributed by atoms with Crippen LogP contribution in [0.5, 0.6) is 17.2 Å². The molecule has 3 aliphatic rings. The summed E-state index contributed by atoms with van der Waals surface area (Å²) in [5, 5.41) is 9.90. The minimum Gasteiger partial charge on any atom is -0.508 e. The third kappa shape index (κ3) is 5.22. The average molecular weight is 468 g/mol. The number of phenolic OH excluding ortho intramolecular Hbond substituents is 1. The summed E-state index contributed by atoms with van der Waals surface area (Å²) in [6.07, 6.45) is 13.0. The standard InChI is InChI=1S/C27H30FNO3S/c28-23-17-21(30)18-24-27(23)33-26(20-7-3-1-4-8-20)25(32-24)19-9-11-22(12-10-19)31-16-15-29-13-5-2-6-14-29/h1,3-4,7,9-12,17-18,20,25-26,30H,2,5-6,8,13-16H2/t20?,25-,26+/m1/s1. The fraction of sp³-hybridized carbons (Fsp3) is 0.407. The van der Waals surface area contributed by atoms with Gasteiger partial charge >= 0.3 is 0 Å². The Labute approximate surface area is 199 Å². The monoisotopic (exact) mass is 467 g/mol. The summed E-state index contributed by atoms with van der Waals surface area (Å²) in [4.78, 5) is 2.93. The summed E-state index contributed by atoms with van der Waals surface area (Å²) in [6.45, 7) is 3.98. The second-order valence-electron chi connectivity index (χ2n) is 8.91. The van der Waals surface area contributed by atoms with Crippen LogP contribution in [0.2, 0.25) is 0 Å². The van der Waals surface area contributed by atoms with E-state index in [-0.39, 0.29) is 23.0 Å². The van der Waals surface area contributed by atoms with E-state index in [0.29, 0.717) is 17.3 Å². The van der Waals surface area contributed by atoms with E-state index in [1.54, 1.807) is 0 Å². The molecule has 4 nitrogen and oxygen atoms in total. The van der Waals surface area contributed by atoms with Gasteiger partial charge in [-0.15, -0.1) is 11.8 Å². The molecule has 0 bridgehead atoms. The fourth-order valence-corrected chi connectivity index (χ4v) is 6.18. The topological polar surface area (TPSA) is 41.9 Å². The molecule has 0 amide bonds. The molecule has 5 rings (SSSR count). The Morgan fingerprint density at radius 1 is 1.09 bits per heavy atom. The first-order valence-electron chi connectivity index (χ1n) is 11.8. The van der Waals surface area contributed by atoms with E-state index < -0.39 is 5.82 Å². The Bertz CT molecular complexity index is 1020. The van der Waals surface area contributed by atoms with Crippen molar-refractivity contribution in [1.82, 2.24) is 4.90 Å². The number of rotatable bonds is 6. The molecule has 0 radical (unpaired) electrons. The summed E-state index contributed by atoms with van der Waals surface area (Å²) in [5.74, 6) is 0.913. The van der Waals surface area contributed by atoms with Crippen molar-refractivity contribution in [2.24, 2.45) is 5.92 Å². The molecule has 6 heteroatoms. The molecule has 0 aromatic heterocycles. The van der Waals surface area contributed by atoms with Crippen LogP contribution in [-0.4, -0.2) is 41.5 Å². The number of phenols is 1. The highest BCUT2D eigenvalue weighted by molar-refractivity contribution is 8.00. The van der Waals surface area contributed by atoms with E-state index in [9.17, 15) is 9.50 Å². The van der Waals surface area contributed by atoms with Gasteiger partial charge < -0.3 is 14.6 Å². The maximum atomic E-state index is 14.6. The number of thioether (sulfide) groups is 1. The zero-order valence-electron chi connectivity index (χ0n) is 18.7. The zero-order chi connectivity index (χ0) is 22.6. The summed E-state index contributed by atoms with van der Waals surface area (Å²) in [5.41, 5.74) is 1.02. The van der Waals surface area contributed by atoms with E-state index in [0.717, 1.165) is 30.3 Å². The van der Waals surface area contributed by atoms with Gasteiger partial charge in [-0.2, -0.15) is 0 Å². The second kappa shape index (κ2) is 10.2. The highest BCUT2D eigenvalue weighted by atomic mass is 32.2. The number of ether oxygens (including phenoxy) is 2. The van der Waals surface area contributed by atoms with E-state index in [2.05, 4.69) is 17.1 Å². The normalized spacial score (nSPS) is 24.8. The van der Waals surface area contributed by atoms with Crippen molar-refractivity contribution in [3.05, 3.63) is 72.1 Å². The van der Waals surface area contributed by atoms with Gasteiger partial charge in [0.05, 0.1) is 10.1 Å².